The number of amides is 1. The highest BCUT2D eigenvalue weighted by atomic mass is 79.9. The van der Waals surface area contributed by atoms with Crippen molar-refractivity contribution < 1.29 is 4.79 Å². The number of carbonyl (C=O) groups excluding carboxylic acids is 1. The Morgan fingerprint density at radius 1 is 1.21 bits per heavy atom. The van der Waals surface area contributed by atoms with Crippen molar-refractivity contribution in [1.29, 1.82) is 0 Å². The molecule has 150 valence electrons. The number of carbonyl (C=O) groups is 1. The van der Waals surface area contributed by atoms with E-state index in [1.165, 1.54) is 0 Å². The summed E-state index contributed by atoms with van der Waals surface area (Å²) in [5.41, 5.74) is 2.54. The van der Waals surface area contributed by atoms with Gasteiger partial charge in [-0.1, -0.05) is 12.1 Å². The lowest BCUT2D eigenvalue weighted by Gasteiger charge is -2.38. The molecule has 2 aromatic heterocycles. The number of piperidine rings is 1. The van der Waals surface area contributed by atoms with Crippen LogP contribution in [0.4, 0.5) is 5.95 Å². The van der Waals surface area contributed by atoms with Crippen molar-refractivity contribution in [3.8, 4) is 0 Å². The van der Waals surface area contributed by atoms with Gasteiger partial charge in [0.15, 0.2) is 0 Å². The lowest BCUT2D eigenvalue weighted by Crippen LogP contribution is -2.49. The number of likely N-dealkylation sites (tertiary alicyclic amines) is 1. The molecule has 6 nitrogen and oxygen atoms in total. The molecule has 1 fully saturated rings. The molecule has 1 saturated heterocycles. The first-order chi connectivity index (χ1) is 14.0. The number of fused-ring (bicyclic) bond motifs is 1. The van der Waals surface area contributed by atoms with E-state index < -0.39 is 0 Å². The summed E-state index contributed by atoms with van der Waals surface area (Å²) in [6, 6.07) is 9.89. The van der Waals surface area contributed by atoms with E-state index in [2.05, 4.69) is 30.9 Å². The summed E-state index contributed by atoms with van der Waals surface area (Å²) >= 11 is 3.37. The summed E-state index contributed by atoms with van der Waals surface area (Å²) in [6.07, 6.45) is 6.62. The largest absolute Gasteiger partial charge is 0.342 e. The van der Waals surface area contributed by atoms with Gasteiger partial charge in [-0.2, -0.15) is 0 Å². The predicted octanol–water partition coefficient (Wildman–Crippen LogP) is 4.23. The van der Waals surface area contributed by atoms with Gasteiger partial charge >= 0.3 is 0 Å². The Bertz CT molecular complexity index is 1020. The zero-order valence-electron chi connectivity index (χ0n) is 16.7. The molecule has 1 unspecified atom stereocenters. The maximum atomic E-state index is 13.5. The minimum absolute atomic E-state index is 0.0797. The first-order valence-electron chi connectivity index (χ1n) is 9.89. The third kappa shape index (κ3) is 4.24. The number of hydrogen-bond acceptors (Lipinski definition) is 5. The number of halogens is 1. The summed E-state index contributed by atoms with van der Waals surface area (Å²) in [4.78, 5) is 30.9. The summed E-state index contributed by atoms with van der Waals surface area (Å²) in [5, 5.41) is 0.914. The highest BCUT2D eigenvalue weighted by Crippen LogP contribution is 2.25. The number of rotatable bonds is 4. The van der Waals surface area contributed by atoms with Crippen molar-refractivity contribution in [3.05, 3.63) is 58.5 Å². The molecule has 1 aromatic carbocycles. The van der Waals surface area contributed by atoms with Gasteiger partial charge in [0, 0.05) is 55.2 Å². The normalized spacial score (nSPS) is 16.8. The molecule has 1 aliphatic heterocycles. The molecule has 0 radical (unpaired) electrons. The van der Waals surface area contributed by atoms with Gasteiger partial charge in [-0.25, -0.2) is 9.97 Å². The second kappa shape index (κ2) is 8.45. The van der Waals surface area contributed by atoms with Gasteiger partial charge in [0.05, 0.1) is 9.99 Å². The topological polar surface area (TPSA) is 62.2 Å². The highest BCUT2D eigenvalue weighted by molar-refractivity contribution is 9.10. The maximum Gasteiger partial charge on any atom is 0.254 e. The molecular weight excluding hydrogens is 430 g/mol. The van der Waals surface area contributed by atoms with Crippen molar-refractivity contribution in [2.45, 2.75) is 32.2 Å². The minimum Gasteiger partial charge on any atom is -0.342 e. The fraction of sp³-hybridized carbons (Fsp3) is 0.364. The standard InChI is InChI=1S/C22H24BrN5O/c1-15-9-10-18-19(7-5-8-20(18)26-15)21(29)28-11-4-3-6-17(28)14-27(2)22-24-12-16(23)13-25-22/h5,7-10,12-13,17H,3-4,6,11,14H2,1-2H3. The van der Waals surface area contributed by atoms with Gasteiger partial charge < -0.3 is 9.80 Å². The lowest BCUT2D eigenvalue weighted by molar-refractivity contribution is 0.0624. The van der Waals surface area contributed by atoms with Gasteiger partial charge in [0.1, 0.15) is 0 Å². The number of aryl methyl sites for hydroxylation is 1. The smallest absolute Gasteiger partial charge is 0.254 e. The molecule has 1 atom stereocenters. The van der Waals surface area contributed by atoms with Crippen LogP contribution in [0.5, 0.6) is 0 Å². The maximum absolute atomic E-state index is 13.5. The minimum atomic E-state index is 0.0797. The number of benzene rings is 1. The monoisotopic (exact) mass is 453 g/mol. The van der Waals surface area contributed by atoms with Crippen molar-refractivity contribution in [1.82, 2.24) is 19.9 Å². The van der Waals surface area contributed by atoms with E-state index in [4.69, 9.17) is 0 Å². The van der Waals surface area contributed by atoms with Crippen LogP contribution in [-0.4, -0.2) is 51.9 Å². The van der Waals surface area contributed by atoms with Crippen LogP contribution in [0.3, 0.4) is 0 Å². The zero-order chi connectivity index (χ0) is 20.4. The van der Waals surface area contributed by atoms with Gasteiger partial charge in [-0.05, 0) is 60.3 Å². The highest BCUT2D eigenvalue weighted by Gasteiger charge is 2.29. The lowest BCUT2D eigenvalue weighted by atomic mass is 9.99. The molecule has 0 aliphatic carbocycles. The van der Waals surface area contributed by atoms with Crippen LogP contribution in [0.2, 0.25) is 0 Å². The number of anilines is 1. The fourth-order valence-electron chi connectivity index (χ4n) is 3.96. The predicted molar refractivity (Wildman–Crippen MR) is 118 cm³/mol. The van der Waals surface area contributed by atoms with Crippen molar-refractivity contribution >= 4 is 38.7 Å². The van der Waals surface area contributed by atoms with Crippen molar-refractivity contribution in [2.24, 2.45) is 0 Å². The van der Waals surface area contributed by atoms with Crippen LogP contribution in [-0.2, 0) is 0 Å². The summed E-state index contributed by atoms with van der Waals surface area (Å²) in [6.45, 7) is 3.44. The molecule has 1 aliphatic rings. The van der Waals surface area contributed by atoms with E-state index in [1.807, 2.05) is 54.1 Å². The second-order valence-electron chi connectivity index (χ2n) is 7.55. The van der Waals surface area contributed by atoms with E-state index in [1.54, 1.807) is 12.4 Å². The Hall–Kier alpha value is -2.54. The van der Waals surface area contributed by atoms with Crippen molar-refractivity contribution in [2.75, 3.05) is 25.0 Å². The van der Waals surface area contributed by atoms with Crippen molar-refractivity contribution in [3.63, 3.8) is 0 Å². The molecule has 0 spiro atoms. The summed E-state index contributed by atoms with van der Waals surface area (Å²) in [5.74, 6) is 0.743. The number of nitrogens with zero attached hydrogens (tertiary/aromatic N) is 5. The van der Waals surface area contributed by atoms with E-state index in [-0.39, 0.29) is 11.9 Å². The van der Waals surface area contributed by atoms with Gasteiger partial charge in [0.25, 0.3) is 5.91 Å². The molecule has 7 heteroatoms. The first kappa shape index (κ1) is 19.8. The molecule has 1 amide bonds. The molecule has 29 heavy (non-hydrogen) atoms. The number of pyridine rings is 1. The molecular formula is C22H24BrN5O. The average molecular weight is 454 g/mol. The molecule has 3 heterocycles. The van der Waals surface area contributed by atoms with Crippen LogP contribution in [0.1, 0.15) is 35.3 Å². The van der Waals surface area contributed by atoms with E-state index >= 15 is 0 Å². The van der Waals surface area contributed by atoms with Gasteiger partial charge in [-0.15, -0.1) is 0 Å². The number of hydrogen-bond donors (Lipinski definition) is 0. The second-order valence-corrected chi connectivity index (χ2v) is 8.47. The van der Waals surface area contributed by atoms with E-state index in [0.717, 1.165) is 52.4 Å². The van der Waals surface area contributed by atoms with Crippen LogP contribution < -0.4 is 4.90 Å². The first-order valence-corrected chi connectivity index (χ1v) is 10.7. The van der Waals surface area contributed by atoms with Gasteiger partial charge in [0.2, 0.25) is 5.95 Å². The molecule has 4 rings (SSSR count). The van der Waals surface area contributed by atoms with Crippen LogP contribution >= 0.6 is 15.9 Å². The van der Waals surface area contributed by atoms with Crippen LogP contribution in [0.15, 0.2) is 47.2 Å². The van der Waals surface area contributed by atoms with E-state index in [9.17, 15) is 4.79 Å². The Morgan fingerprint density at radius 2 is 2.00 bits per heavy atom. The third-order valence-electron chi connectivity index (χ3n) is 5.42. The quantitative estimate of drug-likeness (QED) is 0.591. The third-order valence-corrected chi connectivity index (χ3v) is 5.83. The van der Waals surface area contributed by atoms with Crippen LogP contribution in [0.25, 0.3) is 10.9 Å². The summed E-state index contributed by atoms with van der Waals surface area (Å²) < 4.78 is 0.851. The van der Waals surface area contributed by atoms with E-state index in [0.29, 0.717) is 12.5 Å². The SMILES string of the molecule is Cc1ccc2c(C(=O)N3CCCCC3CN(C)c3ncc(Br)cn3)cccc2n1. The Labute approximate surface area is 179 Å². The zero-order valence-corrected chi connectivity index (χ0v) is 18.3. The Morgan fingerprint density at radius 3 is 2.79 bits per heavy atom. The molecule has 3 aromatic rings. The number of likely N-dealkylation sites (N-methyl/N-ethyl adjacent to an activating group) is 1. The summed E-state index contributed by atoms with van der Waals surface area (Å²) in [7, 11) is 1.98. The molecule has 0 N–H and O–H groups in total. The molecule has 0 bridgehead atoms. The average Bonchev–Trinajstić information content (AvgIpc) is 2.73. The molecule has 0 saturated carbocycles. The Balaban J connectivity index is 1.59. The van der Waals surface area contributed by atoms with Crippen LogP contribution in [0, 0.1) is 6.92 Å². The van der Waals surface area contributed by atoms with Gasteiger partial charge in [-0.3, -0.25) is 9.78 Å². The number of aromatic nitrogens is 3. The fourth-order valence-corrected chi connectivity index (χ4v) is 4.16. The Kier molecular flexibility index (Phi) is 5.76.